The average molecular weight is 373 g/mol. The normalized spacial score (nSPS) is 16.0. The molecule has 1 heterocycles. The van der Waals surface area contributed by atoms with E-state index in [2.05, 4.69) is 0 Å². The lowest BCUT2D eigenvalue weighted by Gasteiger charge is -2.34. The second kappa shape index (κ2) is 7.89. The van der Waals surface area contributed by atoms with Crippen LogP contribution in [-0.4, -0.2) is 61.0 Å². The first-order valence-corrected chi connectivity index (χ1v) is 9.04. The molecule has 1 amide bonds. The fraction of sp³-hybridized carbons (Fsp3) is 0.533. The number of hydrogen-bond acceptors (Lipinski definition) is 6. The third-order valence-corrected chi connectivity index (χ3v) is 5.46. The Morgan fingerprint density at radius 2 is 1.68 bits per heavy atom. The molecule has 1 aliphatic rings. The number of nitrogens with zero attached hydrogens (tertiary/aromatic N) is 2. The van der Waals surface area contributed by atoms with Gasteiger partial charge < -0.3 is 15.1 Å². The number of piperazine rings is 1. The van der Waals surface area contributed by atoms with Gasteiger partial charge in [-0.1, -0.05) is 12.1 Å². The molecule has 140 valence electrons. The molecule has 2 rings (SSSR count). The van der Waals surface area contributed by atoms with Gasteiger partial charge in [0.1, 0.15) is 5.60 Å². The molecule has 0 unspecified atom stereocenters. The van der Waals surface area contributed by atoms with Gasteiger partial charge in [-0.25, -0.2) is 13.2 Å². The molecule has 0 aliphatic carbocycles. The Bertz CT molecular complexity index is 721. The Morgan fingerprint density at radius 3 is 2.20 bits per heavy atom. The van der Waals surface area contributed by atoms with Crippen LogP contribution in [0.5, 0.6) is 0 Å². The lowest BCUT2D eigenvalue weighted by atomic mass is 10.2. The maximum absolute atomic E-state index is 12.7. The van der Waals surface area contributed by atoms with Crippen molar-refractivity contribution in [1.29, 1.82) is 0 Å². The molecule has 1 aromatic carbocycles. The van der Waals surface area contributed by atoms with E-state index in [1.54, 1.807) is 38.1 Å². The number of hydrogen-bond donors (Lipinski definition) is 1. The Hall–Kier alpha value is -2.04. The summed E-state index contributed by atoms with van der Waals surface area (Å²) in [4.78, 5) is 24.4. The standard InChI is InChI=1S/C15H21N3O5S.H2O/c1-15(2,3)23-14(19)17-8-10-18(11-9-17)24(21,22)13-7-5-4-6-12(13)16-20;/h4-7H,8-11H2,1-3H3;1H2. The molecule has 0 radical (unpaired) electrons. The lowest BCUT2D eigenvalue weighted by molar-refractivity contribution is -0.382. The highest BCUT2D eigenvalue weighted by Crippen LogP contribution is 2.22. The van der Waals surface area contributed by atoms with Crippen LogP contribution in [0.15, 0.2) is 29.2 Å². The van der Waals surface area contributed by atoms with E-state index in [-0.39, 0.29) is 42.2 Å². The molecule has 1 saturated heterocycles. The smallest absolute Gasteiger partial charge is 0.410 e. The number of nitroso groups, excluding NO2 is 1. The van der Waals surface area contributed by atoms with Gasteiger partial charge in [-0.3, -0.25) is 0 Å². The third-order valence-electron chi connectivity index (χ3n) is 3.51. The van der Waals surface area contributed by atoms with Crippen LogP contribution in [0.4, 0.5) is 10.5 Å². The minimum atomic E-state index is -3.80. The van der Waals surface area contributed by atoms with Crippen LogP contribution in [0.3, 0.4) is 0 Å². The summed E-state index contributed by atoms with van der Waals surface area (Å²) >= 11 is 0. The van der Waals surface area contributed by atoms with Crippen molar-refractivity contribution < 1.29 is 28.6 Å². The summed E-state index contributed by atoms with van der Waals surface area (Å²) in [6.45, 7) is 6.10. The van der Waals surface area contributed by atoms with E-state index in [9.17, 15) is 18.1 Å². The fourth-order valence-electron chi connectivity index (χ4n) is 2.35. The maximum atomic E-state index is 12.7. The maximum Gasteiger partial charge on any atom is 0.410 e. The topological polar surface area (TPSA) is 128 Å². The monoisotopic (exact) mass is 373 g/mol. The first-order valence-electron chi connectivity index (χ1n) is 7.60. The van der Waals surface area contributed by atoms with Crippen molar-refractivity contribution in [1.82, 2.24) is 9.21 Å². The van der Waals surface area contributed by atoms with E-state index < -0.39 is 21.7 Å². The fourth-order valence-corrected chi connectivity index (χ4v) is 3.91. The largest absolute Gasteiger partial charge is 0.870 e. The van der Waals surface area contributed by atoms with Gasteiger partial charge in [0.2, 0.25) is 10.0 Å². The minimum Gasteiger partial charge on any atom is -0.870 e. The summed E-state index contributed by atoms with van der Waals surface area (Å²) < 4.78 is 31.9. The summed E-state index contributed by atoms with van der Waals surface area (Å²) in [6, 6.07) is 5.94. The minimum absolute atomic E-state index is 0. The molecular weight excluding hydrogens is 350 g/mol. The number of nitrogens with one attached hydrogen (secondary N) is 1. The molecule has 9 nitrogen and oxygen atoms in total. The number of carbonyl (C=O) groups is 1. The van der Waals surface area contributed by atoms with E-state index in [4.69, 9.17) is 4.74 Å². The summed E-state index contributed by atoms with van der Waals surface area (Å²) in [5.74, 6) is 0. The molecule has 0 bridgehead atoms. The second-order valence-corrected chi connectivity index (χ2v) is 8.38. The Balaban J connectivity index is 0.00000312. The quantitative estimate of drug-likeness (QED) is 0.808. The van der Waals surface area contributed by atoms with Gasteiger partial charge in [0, 0.05) is 42.3 Å². The molecule has 25 heavy (non-hydrogen) atoms. The number of carbonyl (C=O) groups excluding carboxylic acids is 1. The summed E-state index contributed by atoms with van der Waals surface area (Å²) in [6.07, 6.45) is -0.457. The molecule has 1 fully saturated rings. The van der Waals surface area contributed by atoms with Gasteiger partial charge in [-0.2, -0.15) is 4.31 Å². The molecular formula is C15H23N3O6S. The predicted molar refractivity (Wildman–Crippen MR) is 88.9 cm³/mol. The van der Waals surface area contributed by atoms with Crippen LogP contribution in [-0.2, 0) is 14.8 Å². The SMILES string of the molecule is CC(C)(C)OC(=O)N1CCN(S(=O)(=O)c2ccccc2[NH+]=O)CC1.[OH-]. The highest BCUT2D eigenvalue weighted by molar-refractivity contribution is 7.89. The molecule has 0 aromatic heterocycles. The van der Waals surface area contributed by atoms with Crippen molar-refractivity contribution >= 4 is 21.8 Å². The Kier molecular flexibility index (Phi) is 6.63. The van der Waals surface area contributed by atoms with Crippen molar-refractivity contribution in [3.63, 3.8) is 0 Å². The van der Waals surface area contributed by atoms with Crippen LogP contribution in [0, 0.1) is 4.91 Å². The van der Waals surface area contributed by atoms with Gasteiger partial charge in [0.25, 0.3) is 5.69 Å². The van der Waals surface area contributed by atoms with Gasteiger partial charge >= 0.3 is 6.09 Å². The van der Waals surface area contributed by atoms with Crippen molar-refractivity contribution in [2.45, 2.75) is 31.3 Å². The zero-order valence-corrected chi connectivity index (χ0v) is 15.2. The highest BCUT2D eigenvalue weighted by Gasteiger charge is 2.34. The average Bonchev–Trinajstić information content (AvgIpc) is 2.53. The van der Waals surface area contributed by atoms with Gasteiger partial charge in [0.15, 0.2) is 4.90 Å². The van der Waals surface area contributed by atoms with Crippen LogP contribution < -0.4 is 5.18 Å². The molecule has 2 N–H and O–H groups in total. The molecule has 1 aromatic rings. The Morgan fingerprint density at radius 1 is 1.12 bits per heavy atom. The molecule has 0 saturated carbocycles. The van der Waals surface area contributed by atoms with Crippen molar-refractivity contribution in [3.05, 3.63) is 29.2 Å². The highest BCUT2D eigenvalue weighted by atomic mass is 32.2. The molecule has 1 aliphatic heterocycles. The zero-order valence-electron chi connectivity index (χ0n) is 14.4. The molecule has 10 heteroatoms. The first kappa shape index (κ1) is 21.0. The van der Waals surface area contributed by atoms with Gasteiger partial charge in [0.05, 0.1) is 0 Å². The van der Waals surface area contributed by atoms with Crippen molar-refractivity contribution in [3.8, 4) is 0 Å². The summed E-state index contributed by atoms with van der Waals surface area (Å²) in [5, 5.41) is 1.65. The number of amides is 1. The van der Waals surface area contributed by atoms with E-state index in [0.29, 0.717) is 0 Å². The van der Waals surface area contributed by atoms with Crippen LogP contribution >= 0.6 is 0 Å². The van der Waals surface area contributed by atoms with Crippen molar-refractivity contribution in [2.75, 3.05) is 26.2 Å². The zero-order chi connectivity index (χ0) is 18.0. The number of rotatable bonds is 3. The van der Waals surface area contributed by atoms with Crippen molar-refractivity contribution in [2.24, 2.45) is 0 Å². The van der Waals surface area contributed by atoms with E-state index in [1.807, 2.05) is 0 Å². The van der Waals surface area contributed by atoms with Gasteiger partial charge in [-0.05, 0) is 26.8 Å². The van der Waals surface area contributed by atoms with Gasteiger partial charge in [-0.15, -0.1) is 0 Å². The number of sulfonamides is 1. The van der Waals surface area contributed by atoms with Crippen LogP contribution in [0.25, 0.3) is 0 Å². The Labute approximate surface area is 146 Å². The van der Waals surface area contributed by atoms with Crippen LogP contribution in [0.1, 0.15) is 20.8 Å². The molecule has 0 spiro atoms. The lowest BCUT2D eigenvalue weighted by Crippen LogP contribution is -2.57. The second-order valence-electron chi connectivity index (χ2n) is 6.47. The number of ether oxygens (including phenoxy) is 1. The predicted octanol–water partition coefficient (Wildman–Crippen LogP) is 0.230. The van der Waals surface area contributed by atoms with E-state index >= 15 is 0 Å². The number of para-hydroxylation sites is 1. The molecule has 0 atom stereocenters. The third kappa shape index (κ3) is 4.97. The summed E-state index contributed by atoms with van der Waals surface area (Å²) in [7, 11) is -3.80. The van der Waals surface area contributed by atoms with Crippen LogP contribution in [0.2, 0.25) is 0 Å². The van der Waals surface area contributed by atoms with E-state index in [0.717, 1.165) is 0 Å². The first-order chi connectivity index (χ1) is 11.1. The van der Waals surface area contributed by atoms with E-state index in [1.165, 1.54) is 21.3 Å². The number of benzene rings is 1. The summed E-state index contributed by atoms with van der Waals surface area (Å²) in [5.41, 5.74) is -0.592.